The van der Waals surface area contributed by atoms with Crippen molar-refractivity contribution in [3.63, 3.8) is 0 Å². The van der Waals surface area contributed by atoms with E-state index in [1.54, 1.807) is 49.8 Å². The van der Waals surface area contributed by atoms with Gasteiger partial charge in [-0.15, -0.1) is 0 Å². The van der Waals surface area contributed by atoms with Crippen molar-refractivity contribution in [2.24, 2.45) is 0 Å². The second-order valence-electron chi connectivity index (χ2n) is 7.73. The van der Waals surface area contributed by atoms with Crippen molar-refractivity contribution in [2.75, 3.05) is 20.3 Å². The summed E-state index contributed by atoms with van der Waals surface area (Å²) in [5.74, 6) is -0.870. The number of aliphatic hydroxyl groups is 1. The topological polar surface area (TPSA) is 89.0 Å². The Bertz CT molecular complexity index is 985. The van der Waals surface area contributed by atoms with E-state index in [0.717, 1.165) is 5.56 Å². The maximum absolute atomic E-state index is 13.0. The van der Waals surface area contributed by atoms with Crippen LogP contribution in [0.25, 0.3) is 5.76 Å². The number of aromatic nitrogens is 1. The normalized spacial score (nSPS) is 18.1. The fourth-order valence-electron chi connectivity index (χ4n) is 3.73. The average Bonchev–Trinajstić information content (AvgIpc) is 3.01. The highest BCUT2D eigenvalue weighted by molar-refractivity contribution is 6.46. The van der Waals surface area contributed by atoms with Crippen LogP contribution in [0.5, 0.6) is 5.75 Å². The first-order valence-electron chi connectivity index (χ1n) is 10.3. The number of methoxy groups -OCH3 is 1. The number of hydrogen-bond donors (Lipinski definition) is 1. The zero-order chi connectivity index (χ0) is 22.5. The highest BCUT2D eigenvalue weighted by atomic mass is 16.5. The number of carbonyl (C=O) groups excluding carboxylic acids is 2. The van der Waals surface area contributed by atoms with Crippen molar-refractivity contribution in [3.8, 4) is 5.75 Å². The van der Waals surface area contributed by atoms with Crippen LogP contribution in [0, 0.1) is 6.92 Å². The molecular formula is C24H28N2O5. The first-order valence-corrected chi connectivity index (χ1v) is 10.3. The van der Waals surface area contributed by atoms with Gasteiger partial charge in [0.2, 0.25) is 0 Å². The summed E-state index contributed by atoms with van der Waals surface area (Å²) in [6.45, 7) is 6.52. The Hall–Kier alpha value is -3.19. The molecule has 1 saturated heterocycles. The number of benzene rings is 1. The smallest absolute Gasteiger partial charge is 0.295 e. The van der Waals surface area contributed by atoms with Gasteiger partial charge in [0.1, 0.15) is 11.5 Å². The minimum Gasteiger partial charge on any atom is -0.507 e. The molecule has 0 aliphatic carbocycles. The number of pyridine rings is 1. The molecule has 1 aliphatic heterocycles. The predicted molar refractivity (Wildman–Crippen MR) is 117 cm³/mol. The van der Waals surface area contributed by atoms with Crippen molar-refractivity contribution >= 4 is 17.4 Å². The largest absolute Gasteiger partial charge is 0.507 e. The molecule has 31 heavy (non-hydrogen) atoms. The van der Waals surface area contributed by atoms with Crippen LogP contribution in [0.1, 0.15) is 43.0 Å². The average molecular weight is 424 g/mol. The van der Waals surface area contributed by atoms with Gasteiger partial charge in [-0.05, 0) is 68.7 Å². The Morgan fingerprint density at radius 2 is 1.90 bits per heavy atom. The van der Waals surface area contributed by atoms with Crippen LogP contribution >= 0.6 is 0 Å². The van der Waals surface area contributed by atoms with Gasteiger partial charge in [0.15, 0.2) is 0 Å². The molecule has 2 heterocycles. The lowest BCUT2D eigenvalue weighted by atomic mass is 9.94. The number of ether oxygens (including phenoxy) is 2. The number of hydrogen-bond acceptors (Lipinski definition) is 6. The first kappa shape index (κ1) is 22.5. The second-order valence-corrected chi connectivity index (χ2v) is 7.73. The van der Waals surface area contributed by atoms with Crippen molar-refractivity contribution in [3.05, 3.63) is 65.0 Å². The monoisotopic (exact) mass is 424 g/mol. The highest BCUT2D eigenvalue weighted by Gasteiger charge is 2.45. The molecule has 1 aliphatic rings. The molecule has 1 amide bonds. The molecule has 1 fully saturated rings. The van der Waals surface area contributed by atoms with Crippen LogP contribution in [0.4, 0.5) is 0 Å². The fraction of sp³-hybridized carbons (Fsp3) is 0.375. The molecule has 0 radical (unpaired) electrons. The summed E-state index contributed by atoms with van der Waals surface area (Å²) >= 11 is 0. The molecule has 1 atom stereocenters. The summed E-state index contributed by atoms with van der Waals surface area (Å²) in [4.78, 5) is 31.5. The van der Waals surface area contributed by atoms with Gasteiger partial charge in [-0.2, -0.15) is 0 Å². The predicted octanol–water partition coefficient (Wildman–Crippen LogP) is 3.64. The third-order valence-electron chi connectivity index (χ3n) is 5.25. The molecule has 7 heteroatoms. The lowest BCUT2D eigenvalue weighted by Crippen LogP contribution is -2.31. The van der Waals surface area contributed by atoms with Gasteiger partial charge in [-0.25, -0.2) is 0 Å². The van der Waals surface area contributed by atoms with E-state index < -0.39 is 17.7 Å². The number of rotatable bonds is 8. The van der Waals surface area contributed by atoms with E-state index in [9.17, 15) is 14.7 Å². The van der Waals surface area contributed by atoms with E-state index >= 15 is 0 Å². The Balaban J connectivity index is 2.04. The number of ketones is 1. The van der Waals surface area contributed by atoms with Gasteiger partial charge in [0, 0.05) is 31.1 Å². The third-order valence-corrected chi connectivity index (χ3v) is 5.25. The fourth-order valence-corrected chi connectivity index (χ4v) is 3.73. The summed E-state index contributed by atoms with van der Waals surface area (Å²) in [6.07, 6.45) is 3.88. The molecule has 0 saturated carbocycles. The first-order chi connectivity index (χ1) is 14.8. The van der Waals surface area contributed by atoms with Crippen molar-refractivity contribution in [1.29, 1.82) is 0 Å². The van der Waals surface area contributed by atoms with E-state index in [-0.39, 0.29) is 17.4 Å². The number of nitrogens with zero attached hydrogens (tertiary/aromatic N) is 2. The minimum absolute atomic E-state index is 0.0780. The highest BCUT2D eigenvalue weighted by Crippen LogP contribution is 2.40. The summed E-state index contributed by atoms with van der Waals surface area (Å²) in [6, 6.07) is 7.99. The van der Waals surface area contributed by atoms with Crippen LogP contribution in [0.3, 0.4) is 0 Å². The summed E-state index contributed by atoms with van der Waals surface area (Å²) in [7, 11) is 1.56. The molecule has 1 N–H and O–H groups in total. The zero-order valence-electron chi connectivity index (χ0n) is 18.3. The third kappa shape index (κ3) is 4.77. The van der Waals surface area contributed by atoms with E-state index in [0.29, 0.717) is 36.4 Å². The Morgan fingerprint density at radius 1 is 1.19 bits per heavy atom. The summed E-state index contributed by atoms with van der Waals surface area (Å²) < 4.78 is 10.8. The standard InChI is InChI=1S/C24H28N2O5/c1-15(2)31-13-5-12-26-21(17-8-10-25-11-9-17)20(23(28)24(26)29)22(27)19-7-6-18(30-4)14-16(19)3/h6-11,14-15,21,27H,5,12-13H2,1-4H3/b22-20-. The Kier molecular flexibility index (Phi) is 7.07. The van der Waals surface area contributed by atoms with Crippen LogP contribution in [0.15, 0.2) is 48.3 Å². The van der Waals surface area contributed by atoms with Crippen LogP contribution in [0.2, 0.25) is 0 Å². The van der Waals surface area contributed by atoms with E-state index in [1.807, 2.05) is 20.8 Å². The quantitative estimate of drug-likeness (QED) is 0.301. The lowest BCUT2D eigenvalue weighted by Gasteiger charge is -2.25. The number of carbonyl (C=O) groups is 2. The van der Waals surface area contributed by atoms with Gasteiger partial charge in [-0.1, -0.05) is 0 Å². The van der Waals surface area contributed by atoms with Crippen molar-refractivity contribution < 1.29 is 24.2 Å². The molecule has 1 unspecified atom stereocenters. The zero-order valence-corrected chi connectivity index (χ0v) is 18.3. The molecule has 2 aromatic rings. The SMILES string of the molecule is COc1ccc(/C(O)=C2/C(=O)C(=O)N(CCCOC(C)C)C2c2ccncc2)c(C)c1. The molecule has 164 valence electrons. The Morgan fingerprint density at radius 3 is 2.52 bits per heavy atom. The number of aryl methyl sites for hydroxylation is 1. The number of aliphatic hydroxyl groups excluding tert-OH is 1. The molecule has 3 rings (SSSR count). The number of amides is 1. The molecule has 0 spiro atoms. The maximum Gasteiger partial charge on any atom is 0.295 e. The number of Topliss-reactive ketones (excluding diaryl/α,β-unsaturated/α-hetero) is 1. The molecule has 0 bridgehead atoms. The van der Waals surface area contributed by atoms with Crippen LogP contribution in [-0.2, 0) is 14.3 Å². The van der Waals surface area contributed by atoms with Gasteiger partial charge < -0.3 is 19.5 Å². The summed E-state index contributed by atoms with van der Waals surface area (Å²) in [5, 5.41) is 11.1. The van der Waals surface area contributed by atoms with Gasteiger partial charge in [0.05, 0.1) is 24.8 Å². The van der Waals surface area contributed by atoms with Gasteiger partial charge >= 0.3 is 0 Å². The maximum atomic E-state index is 13.0. The minimum atomic E-state index is -0.695. The Labute approximate surface area is 182 Å². The van der Waals surface area contributed by atoms with Crippen molar-refractivity contribution in [1.82, 2.24) is 9.88 Å². The molecule has 1 aromatic carbocycles. The second kappa shape index (κ2) is 9.75. The van der Waals surface area contributed by atoms with E-state index in [1.165, 1.54) is 4.90 Å². The summed E-state index contributed by atoms with van der Waals surface area (Å²) in [5.41, 5.74) is 2.02. The van der Waals surface area contributed by atoms with Gasteiger partial charge in [-0.3, -0.25) is 14.6 Å². The number of likely N-dealkylation sites (tertiary alicyclic amines) is 1. The molecule has 1 aromatic heterocycles. The van der Waals surface area contributed by atoms with Crippen molar-refractivity contribution in [2.45, 2.75) is 39.3 Å². The van der Waals surface area contributed by atoms with Crippen LogP contribution < -0.4 is 4.74 Å². The van der Waals surface area contributed by atoms with E-state index in [2.05, 4.69) is 4.98 Å². The van der Waals surface area contributed by atoms with Gasteiger partial charge in [0.25, 0.3) is 11.7 Å². The van der Waals surface area contributed by atoms with E-state index in [4.69, 9.17) is 9.47 Å². The lowest BCUT2D eigenvalue weighted by molar-refractivity contribution is -0.140. The molecular weight excluding hydrogens is 396 g/mol. The van der Waals surface area contributed by atoms with Crippen LogP contribution in [-0.4, -0.2) is 53.0 Å². The molecule has 7 nitrogen and oxygen atoms in total.